The van der Waals surface area contributed by atoms with Crippen LogP contribution in [0.25, 0.3) is 0 Å². The maximum atomic E-state index is 5.69. The van der Waals surface area contributed by atoms with Crippen molar-refractivity contribution in [3.63, 3.8) is 0 Å². The van der Waals surface area contributed by atoms with E-state index < -0.39 is 0 Å². The van der Waals surface area contributed by atoms with E-state index >= 15 is 0 Å². The van der Waals surface area contributed by atoms with Gasteiger partial charge in [-0.2, -0.15) is 0 Å². The van der Waals surface area contributed by atoms with Crippen LogP contribution in [-0.2, 0) is 4.74 Å². The van der Waals surface area contributed by atoms with Crippen LogP contribution in [-0.4, -0.2) is 48.8 Å². The summed E-state index contributed by atoms with van der Waals surface area (Å²) in [4.78, 5) is 2.69. The van der Waals surface area contributed by atoms with Crippen molar-refractivity contribution < 1.29 is 4.74 Å². The molecule has 1 atom stereocenters. The quantitative estimate of drug-likeness (QED) is 0.788. The molecule has 106 valence electrons. The van der Waals surface area contributed by atoms with Gasteiger partial charge in [0.15, 0.2) is 0 Å². The van der Waals surface area contributed by atoms with Crippen LogP contribution >= 0.6 is 0 Å². The molecule has 1 aliphatic carbocycles. The van der Waals surface area contributed by atoms with Crippen molar-refractivity contribution in [1.82, 2.24) is 10.2 Å². The molecule has 0 aromatic heterocycles. The molecule has 0 bridgehead atoms. The van der Waals surface area contributed by atoms with Crippen LogP contribution in [0.2, 0.25) is 0 Å². The maximum absolute atomic E-state index is 5.69. The molecule has 1 N–H and O–H groups in total. The van der Waals surface area contributed by atoms with Gasteiger partial charge in [0.1, 0.15) is 0 Å². The van der Waals surface area contributed by atoms with Crippen molar-refractivity contribution in [3.05, 3.63) is 0 Å². The lowest BCUT2D eigenvalue weighted by atomic mass is 9.86. The molecule has 3 nitrogen and oxygen atoms in total. The summed E-state index contributed by atoms with van der Waals surface area (Å²) in [5.41, 5.74) is 0. The Labute approximate surface area is 112 Å². The molecular formula is C15H30N2O. The SMILES string of the molecule is CCOC1CC(N(CC2CCCCN2)C(C)C)C1. The second kappa shape index (κ2) is 6.88. The molecule has 0 aromatic carbocycles. The fourth-order valence-electron chi connectivity index (χ4n) is 3.30. The number of nitrogens with zero attached hydrogens (tertiary/aromatic N) is 1. The summed E-state index contributed by atoms with van der Waals surface area (Å²) < 4.78 is 5.69. The van der Waals surface area contributed by atoms with Crippen molar-refractivity contribution in [2.45, 2.75) is 77.1 Å². The van der Waals surface area contributed by atoms with Crippen LogP contribution in [0.5, 0.6) is 0 Å². The van der Waals surface area contributed by atoms with E-state index in [1.807, 2.05) is 0 Å². The third-order valence-corrected chi connectivity index (χ3v) is 4.45. The van der Waals surface area contributed by atoms with Gasteiger partial charge in [0, 0.05) is 31.3 Å². The molecule has 0 spiro atoms. The Morgan fingerprint density at radius 3 is 2.61 bits per heavy atom. The monoisotopic (exact) mass is 254 g/mol. The largest absolute Gasteiger partial charge is 0.378 e. The number of piperidine rings is 1. The number of ether oxygens (including phenoxy) is 1. The Morgan fingerprint density at radius 2 is 2.06 bits per heavy atom. The van der Waals surface area contributed by atoms with Crippen molar-refractivity contribution in [2.24, 2.45) is 0 Å². The molecule has 2 aliphatic rings. The van der Waals surface area contributed by atoms with E-state index in [9.17, 15) is 0 Å². The lowest BCUT2D eigenvalue weighted by Crippen LogP contribution is -2.55. The molecule has 3 heteroatoms. The number of nitrogens with one attached hydrogen (secondary N) is 1. The molecule has 1 unspecified atom stereocenters. The van der Waals surface area contributed by atoms with Crippen LogP contribution in [0.15, 0.2) is 0 Å². The van der Waals surface area contributed by atoms with Gasteiger partial charge in [0.2, 0.25) is 0 Å². The maximum Gasteiger partial charge on any atom is 0.0604 e. The van der Waals surface area contributed by atoms with Gasteiger partial charge in [-0.15, -0.1) is 0 Å². The Morgan fingerprint density at radius 1 is 1.28 bits per heavy atom. The van der Waals surface area contributed by atoms with Gasteiger partial charge >= 0.3 is 0 Å². The molecule has 1 aliphatic heterocycles. The van der Waals surface area contributed by atoms with Gasteiger partial charge in [-0.1, -0.05) is 6.42 Å². The van der Waals surface area contributed by atoms with Crippen LogP contribution < -0.4 is 5.32 Å². The zero-order chi connectivity index (χ0) is 13.0. The molecule has 1 heterocycles. The fraction of sp³-hybridized carbons (Fsp3) is 1.00. The minimum Gasteiger partial charge on any atom is -0.378 e. The predicted octanol–water partition coefficient (Wildman–Crippen LogP) is 2.41. The van der Waals surface area contributed by atoms with E-state index in [0.29, 0.717) is 18.2 Å². The summed E-state index contributed by atoms with van der Waals surface area (Å²) >= 11 is 0. The van der Waals surface area contributed by atoms with Crippen LogP contribution in [0.4, 0.5) is 0 Å². The lowest BCUT2D eigenvalue weighted by molar-refractivity contribution is -0.0567. The Bertz CT molecular complexity index is 233. The average molecular weight is 254 g/mol. The summed E-state index contributed by atoms with van der Waals surface area (Å²) in [5.74, 6) is 0. The van der Waals surface area contributed by atoms with Crippen molar-refractivity contribution in [2.75, 3.05) is 19.7 Å². The fourth-order valence-corrected chi connectivity index (χ4v) is 3.30. The van der Waals surface area contributed by atoms with E-state index in [1.165, 1.54) is 45.2 Å². The Balaban J connectivity index is 1.77. The molecule has 0 amide bonds. The minimum absolute atomic E-state index is 0.528. The highest BCUT2D eigenvalue weighted by Crippen LogP contribution is 2.30. The molecule has 18 heavy (non-hydrogen) atoms. The number of hydrogen-bond donors (Lipinski definition) is 1. The average Bonchev–Trinajstić information content (AvgIpc) is 2.32. The van der Waals surface area contributed by atoms with Gasteiger partial charge in [-0.05, 0) is 53.0 Å². The normalized spacial score (nSPS) is 32.8. The zero-order valence-corrected chi connectivity index (χ0v) is 12.3. The Kier molecular flexibility index (Phi) is 5.46. The van der Waals surface area contributed by atoms with Gasteiger partial charge in [0.25, 0.3) is 0 Å². The minimum atomic E-state index is 0.528. The zero-order valence-electron chi connectivity index (χ0n) is 12.3. The highest BCUT2D eigenvalue weighted by molar-refractivity contribution is 4.91. The molecule has 1 saturated carbocycles. The molecule has 1 saturated heterocycles. The van der Waals surface area contributed by atoms with E-state index in [2.05, 4.69) is 31.0 Å². The van der Waals surface area contributed by atoms with Gasteiger partial charge < -0.3 is 10.1 Å². The van der Waals surface area contributed by atoms with Crippen LogP contribution in [0.3, 0.4) is 0 Å². The first-order valence-corrected chi connectivity index (χ1v) is 7.81. The molecule has 0 aromatic rings. The van der Waals surface area contributed by atoms with E-state index in [1.54, 1.807) is 0 Å². The number of rotatable bonds is 6. The Hall–Kier alpha value is -0.120. The summed E-state index contributed by atoms with van der Waals surface area (Å²) in [6.45, 7) is 10.1. The molecule has 2 fully saturated rings. The van der Waals surface area contributed by atoms with Gasteiger partial charge in [0.05, 0.1) is 6.10 Å². The smallest absolute Gasteiger partial charge is 0.0604 e. The number of hydrogen-bond acceptors (Lipinski definition) is 3. The lowest BCUT2D eigenvalue weighted by Gasteiger charge is -2.46. The third-order valence-electron chi connectivity index (χ3n) is 4.45. The van der Waals surface area contributed by atoms with Crippen molar-refractivity contribution in [3.8, 4) is 0 Å². The third kappa shape index (κ3) is 3.69. The van der Waals surface area contributed by atoms with E-state index in [-0.39, 0.29) is 0 Å². The van der Waals surface area contributed by atoms with Crippen molar-refractivity contribution in [1.29, 1.82) is 0 Å². The van der Waals surface area contributed by atoms with Crippen LogP contribution in [0.1, 0.15) is 52.9 Å². The molecular weight excluding hydrogens is 224 g/mol. The summed E-state index contributed by atoms with van der Waals surface area (Å²) in [6, 6.07) is 2.12. The first-order valence-electron chi connectivity index (χ1n) is 7.81. The predicted molar refractivity (Wildman–Crippen MR) is 75.9 cm³/mol. The van der Waals surface area contributed by atoms with Gasteiger partial charge in [-0.3, -0.25) is 4.90 Å². The topological polar surface area (TPSA) is 24.5 Å². The van der Waals surface area contributed by atoms with E-state index in [4.69, 9.17) is 4.74 Å². The van der Waals surface area contributed by atoms with Crippen molar-refractivity contribution >= 4 is 0 Å². The summed E-state index contributed by atoms with van der Waals surface area (Å²) in [5, 5.41) is 3.67. The highest BCUT2D eigenvalue weighted by Gasteiger charge is 2.36. The second-order valence-corrected chi connectivity index (χ2v) is 6.14. The summed E-state index contributed by atoms with van der Waals surface area (Å²) in [7, 11) is 0. The molecule has 0 radical (unpaired) electrons. The standard InChI is InChI=1S/C15H30N2O/c1-4-18-15-9-14(10-15)17(12(2)3)11-13-7-5-6-8-16-13/h12-16H,4-11H2,1-3H3. The van der Waals surface area contributed by atoms with Gasteiger partial charge in [-0.25, -0.2) is 0 Å². The highest BCUT2D eigenvalue weighted by atomic mass is 16.5. The second-order valence-electron chi connectivity index (χ2n) is 6.14. The first kappa shape index (κ1) is 14.3. The first-order chi connectivity index (χ1) is 8.70. The van der Waals surface area contributed by atoms with Crippen LogP contribution in [0, 0.1) is 0 Å². The summed E-state index contributed by atoms with van der Waals surface area (Å²) in [6.07, 6.45) is 7.10. The molecule has 2 rings (SSSR count). The van der Waals surface area contributed by atoms with E-state index in [0.717, 1.165) is 12.6 Å².